The zero-order chi connectivity index (χ0) is 24.7. The van der Waals surface area contributed by atoms with Crippen molar-refractivity contribution in [3.8, 4) is 5.75 Å². The Morgan fingerprint density at radius 1 is 1.00 bits per heavy atom. The number of hydrogen-bond donors (Lipinski definition) is 1. The van der Waals surface area contributed by atoms with Crippen molar-refractivity contribution in [2.75, 3.05) is 6.61 Å². The summed E-state index contributed by atoms with van der Waals surface area (Å²) in [6, 6.07) is 9.43. The Hall–Kier alpha value is -1.66. The Bertz CT molecular complexity index is 1010. The number of carbonyl (C=O) groups excluding carboxylic acids is 2. The zero-order valence-electron chi connectivity index (χ0n) is 19.0. The van der Waals surface area contributed by atoms with Crippen LogP contribution in [0.25, 0.3) is 0 Å². The molecule has 2 amide bonds. The van der Waals surface area contributed by atoms with Crippen LogP contribution in [0.15, 0.2) is 36.4 Å². The van der Waals surface area contributed by atoms with E-state index in [1.807, 2.05) is 6.92 Å². The maximum atomic E-state index is 13.3. The largest absolute Gasteiger partial charge is 0.482 e. The summed E-state index contributed by atoms with van der Waals surface area (Å²) in [5.74, 6) is -0.163. The molecule has 5 nitrogen and oxygen atoms in total. The molecule has 184 valence electrons. The van der Waals surface area contributed by atoms with Crippen LogP contribution in [-0.2, 0) is 16.1 Å². The van der Waals surface area contributed by atoms with Gasteiger partial charge >= 0.3 is 0 Å². The van der Waals surface area contributed by atoms with Crippen molar-refractivity contribution in [3.05, 3.63) is 62.1 Å². The highest BCUT2D eigenvalue weighted by molar-refractivity contribution is 6.42. The van der Waals surface area contributed by atoms with Crippen LogP contribution in [0.1, 0.15) is 51.0 Å². The number of hydrogen-bond acceptors (Lipinski definition) is 3. The van der Waals surface area contributed by atoms with E-state index in [1.165, 1.54) is 11.3 Å². The topological polar surface area (TPSA) is 58.6 Å². The highest BCUT2D eigenvalue weighted by atomic mass is 35.5. The normalized spacial score (nSPS) is 15.0. The van der Waals surface area contributed by atoms with Gasteiger partial charge in [-0.25, -0.2) is 0 Å². The Labute approximate surface area is 220 Å². The van der Waals surface area contributed by atoms with E-state index < -0.39 is 6.04 Å². The van der Waals surface area contributed by atoms with Crippen LogP contribution in [0, 0.1) is 0 Å². The second kappa shape index (κ2) is 12.9. The second-order valence-corrected chi connectivity index (χ2v) is 10.1. The SMILES string of the molecule is CC[C@@H](C(=O)NC1CCCCC1)N(Cc1ccc(Cl)c(Cl)c1)C(=O)COc1ccc(Cl)cc1Cl. The molecule has 2 aromatic rings. The van der Waals surface area contributed by atoms with Crippen molar-refractivity contribution in [1.29, 1.82) is 0 Å². The lowest BCUT2D eigenvalue weighted by molar-refractivity contribution is -0.143. The molecule has 0 heterocycles. The maximum absolute atomic E-state index is 13.3. The van der Waals surface area contributed by atoms with E-state index in [0.29, 0.717) is 32.3 Å². The molecule has 0 radical (unpaired) electrons. The average Bonchev–Trinajstić information content (AvgIpc) is 2.81. The molecule has 0 aromatic heterocycles. The predicted molar refractivity (Wildman–Crippen MR) is 138 cm³/mol. The van der Waals surface area contributed by atoms with Crippen LogP contribution in [0.4, 0.5) is 0 Å². The van der Waals surface area contributed by atoms with Crippen molar-refractivity contribution in [2.24, 2.45) is 0 Å². The van der Waals surface area contributed by atoms with Gasteiger partial charge < -0.3 is 15.0 Å². The highest BCUT2D eigenvalue weighted by Gasteiger charge is 2.30. The zero-order valence-corrected chi connectivity index (χ0v) is 22.0. The molecular formula is C25H28Cl4N2O3. The molecule has 2 aromatic carbocycles. The maximum Gasteiger partial charge on any atom is 0.261 e. The van der Waals surface area contributed by atoms with Crippen LogP contribution >= 0.6 is 46.4 Å². The summed E-state index contributed by atoms with van der Waals surface area (Å²) in [7, 11) is 0. The van der Waals surface area contributed by atoms with Gasteiger partial charge in [0.2, 0.25) is 5.91 Å². The van der Waals surface area contributed by atoms with Crippen molar-refractivity contribution >= 4 is 58.2 Å². The smallest absolute Gasteiger partial charge is 0.261 e. The van der Waals surface area contributed by atoms with Crippen molar-refractivity contribution in [3.63, 3.8) is 0 Å². The van der Waals surface area contributed by atoms with Gasteiger partial charge in [0.15, 0.2) is 6.61 Å². The number of halogens is 4. The minimum Gasteiger partial charge on any atom is -0.482 e. The van der Waals surface area contributed by atoms with E-state index in [9.17, 15) is 9.59 Å². The van der Waals surface area contributed by atoms with Gasteiger partial charge in [-0.2, -0.15) is 0 Å². The Morgan fingerprint density at radius 3 is 2.38 bits per heavy atom. The van der Waals surface area contributed by atoms with E-state index >= 15 is 0 Å². The first-order valence-electron chi connectivity index (χ1n) is 11.4. The van der Waals surface area contributed by atoms with Gasteiger partial charge in [0, 0.05) is 17.6 Å². The molecule has 1 atom stereocenters. The summed E-state index contributed by atoms with van der Waals surface area (Å²) in [6.45, 7) is 1.79. The molecule has 0 bridgehead atoms. The van der Waals surface area contributed by atoms with Gasteiger partial charge in [-0.3, -0.25) is 9.59 Å². The van der Waals surface area contributed by atoms with Crippen LogP contribution in [-0.4, -0.2) is 35.4 Å². The molecule has 1 fully saturated rings. The molecule has 3 rings (SSSR count). The fraction of sp³-hybridized carbons (Fsp3) is 0.440. The fourth-order valence-electron chi connectivity index (χ4n) is 4.11. The second-order valence-electron chi connectivity index (χ2n) is 8.40. The molecule has 0 unspecified atom stereocenters. The molecule has 0 spiro atoms. The summed E-state index contributed by atoms with van der Waals surface area (Å²) in [4.78, 5) is 28.1. The van der Waals surface area contributed by atoms with Gasteiger partial charge in [0.25, 0.3) is 5.91 Å². The number of nitrogens with one attached hydrogen (secondary N) is 1. The third-order valence-electron chi connectivity index (χ3n) is 5.92. The van der Waals surface area contributed by atoms with E-state index in [2.05, 4.69) is 5.32 Å². The number of rotatable bonds is 9. The molecular weight excluding hydrogens is 518 g/mol. The van der Waals surface area contributed by atoms with E-state index in [0.717, 1.165) is 31.2 Å². The predicted octanol–water partition coefficient (Wildman–Crippen LogP) is 6.94. The third-order valence-corrected chi connectivity index (χ3v) is 7.19. The number of carbonyl (C=O) groups is 2. The Morgan fingerprint density at radius 2 is 1.74 bits per heavy atom. The summed E-state index contributed by atoms with van der Waals surface area (Å²) < 4.78 is 5.68. The van der Waals surface area contributed by atoms with Gasteiger partial charge in [0.05, 0.1) is 15.1 Å². The molecule has 1 N–H and O–H groups in total. The summed E-state index contributed by atoms with van der Waals surface area (Å²) >= 11 is 24.4. The fourth-order valence-corrected chi connectivity index (χ4v) is 4.90. The van der Waals surface area contributed by atoms with E-state index in [1.54, 1.807) is 36.4 Å². The van der Waals surface area contributed by atoms with E-state index in [-0.39, 0.29) is 31.0 Å². The monoisotopic (exact) mass is 544 g/mol. The quantitative estimate of drug-likeness (QED) is 0.371. The molecule has 9 heteroatoms. The molecule has 1 aliphatic carbocycles. The Kier molecular flexibility index (Phi) is 10.2. The first-order chi connectivity index (χ1) is 16.3. The summed E-state index contributed by atoms with van der Waals surface area (Å²) in [5, 5.41) is 4.72. The average molecular weight is 546 g/mol. The lowest BCUT2D eigenvalue weighted by Crippen LogP contribution is -2.52. The first kappa shape index (κ1) is 26.9. The number of benzene rings is 2. The van der Waals surface area contributed by atoms with Crippen LogP contribution in [0.2, 0.25) is 20.1 Å². The van der Waals surface area contributed by atoms with E-state index in [4.69, 9.17) is 51.1 Å². The van der Waals surface area contributed by atoms with Crippen LogP contribution < -0.4 is 10.1 Å². The minimum atomic E-state index is -0.659. The van der Waals surface area contributed by atoms with Crippen molar-refractivity contribution in [2.45, 2.75) is 64.1 Å². The van der Waals surface area contributed by atoms with Gasteiger partial charge in [-0.05, 0) is 55.2 Å². The highest BCUT2D eigenvalue weighted by Crippen LogP contribution is 2.28. The van der Waals surface area contributed by atoms with Crippen LogP contribution in [0.5, 0.6) is 5.75 Å². The summed E-state index contributed by atoms with van der Waals surface area (Å²) in [5.41, 5.74) is 0.760. The molecule has 1 aliphatic rings. The number of nitrogens with zero attached hydrogens (tertiary/aromatic N) is 1. The minimum absolute atomic E-state index is 0.140. The molecule has 1 saturated carbocycles. The van der Waals surface area contributed by atoms with Gasteiger partial charge in [-0.1, -0.05) is 78.7 Å². The third kappa shape index (κ3) is 7.42. The van der Waals surface area contributed by atoms with Crippen LogP contribution in [0.3, 0.4) is 0 Å². The number of amides is 2. The van der Waals surface area contributed by atoms with Gasteiger partial charge in [-0.15, -0.1) is 0 Å². The Balaban J connectivity index is 1.79. The van der Waals surface area contributed by atoms with Gasteiger partial charge in [0.1, 0.15) is 11.8 Å². The molecule has 34 heavy (non-hydrogen) atoms. The first-order valence-corrected chi connectivity index (χ1v) is 12.9. The lowest BCUT2D eigenvalue weighted by Gasteiger charge is -2.32. The molecule has 0 saturated heterocycles. The van der Waals surface area contributed by atoms with Crippen molar-refractivity contribution in [1.82, 2.24) is 10.2 Å². The number of ether oxygens (including phenoxy) is 1. The van der Waals surface area contributed by atoms with Crippen molar-refractivity contribution < 1.29 is 14.3 Å². The molecule has 0 aliphatic heterocycles. The standard InChI is InChI=1S/C25H28Cl4N2O3/c1-2-22(25(33)30-18-6-4-3-5-7-18)31(14-16-8-10-19(27)20(28)12-16)24(32)15-34-23-11-9-17(26)13-21(23)29/h8-13,18,22H,2-7,14-15H2,1H3,(H,30,33)/t22-/m0/s1. The summed E-state index contributed by atoms with van der Waals surface area (Å²) in [6.07, 6.45) is 5.76. The lowest BCUT2D eigenvalue weighted by atomic mass is 9.95.